The average molecular weight is 585 g/mol. The lowest BCUT2D eigenvalue weighted by Gasteiger charge is -2.19. The summed E-state index contributed by atoms with van der Waals surface area (Å²) in [6.07, 6.45) is 3.83. The zero-order valence-corrected chi connectivity index (χ0v) is 21.5. The molecule has 2 heterocycles. The largest absolute Gasteiger partial charge is 0.504 e. The minimum atomic E-state index is -3.50. The number of methoxy groups -OCH3 is 1. The van der Waals surface area contributed by atoms with Crippen molar-refractivity contribution in [3.05, 3.63) is 62.5 Å². The zero-order valence-electron chi connectivity index (χ0n) is 18.5. The Balaban J connectivity index is 1.93. The Kier molecular flexibility index (Phi) is 8.54. The van der Waals surface area contributed by atoms with E-state index in [4.69, 9.17) is 4.74 Å². The van der Waals surface area contributed by atoms with Gasteiger partial charge in [0.2, 0.25) is 0 Å². The van der Waals surface area contributed by atoms with Gasteiger partial charge in [-0.05, 0) is 88.9 Å². The van der Waals surface area contributed by atoms with E-state index in [0.717, 1.165) is 16.8 Å². The van der Waals surface area contributed by atoms with Gasteiger partial charge in [-0.1, -0.05) is 18.6 Å². The fraction of sp³-hybridized carbons (Fsp3) is 0.375. The first-order valence-corrected chi connectivity index (χ1v) is 13.4. The normalized spacial score (nSPS) is 19.1. The van der Waals surface area contributed by atoms with Crippen LogP contribution in [0, 0.1) is 3.57 Å². The van der Waals surface area contributed by atoms with Gasteiger partial charge in [0.25, 0.3) is 0 Å². The molecular weight excluding hydrogens is 557 g/mol. The molecule has 3 rings (SSSR count). The van der Waals surface area contributed by atoms with E-state index >= 15 is 0 Å². The number of aliphatic hydroxyl groups is 2. The molecule has 2 atom stereocenters. The molecule has 0 fully saturated rings. The zero-order chi connectivity index (χ0) is 24.2. The summed E-state index contributed by atoms with van der Waals surface area (Å²) in [5.74, 6) is 0.310. The third-order valence-corrected chi connectivity index (χ3v) is 8.65. The fourth-order valence-electron chi connectivity index (χ4n) is 4.12. The van der Waals surface area contributed by atoms with Gasteiger partial charge in [0.15, 0.2) is 21.3 Å². The number of phenolic OH excluding ortho intramolecular Hbond substituents is 1. The predicted molar refractivity (Wildman–Crippen MR) is 137 cm³/mol. The summed E-state index contributed by atoms with van der Waals surface area (Å²) in [5, 5.41) is 29.8. The number of allylic oxidation sites excluding steroid dienone is 1. The van der Waals surface area contributed by atoms with Crippen LogP contribution in [0.25, 0.3) is 11.6 Å². The van der Waals surface area contributed by atoms with E-state index in [1.807, 2.05) is 59.9 Å². The molecule has 0 unspecified atom stereocenters. The van der Waals surface area contributed by atoms with Crippen LogP contribution in [0.2, 0.25) is 0 Å². The highest BCUT2D eigenvalue weighted by Gasteiger charge is 2.40. The number of aromatic hydroxyl groups is 1. The third kappa shape index (κ3) is 5.76. The summed E-state index contributed by atoms with van der Waals surface area (Å²) in [6, 6.07) is 9.10. The maximum absolute atomic E-state index is 12.4. The van der Waals surface area contributed by atoms with Crippen LogP contribution >= 0.6 is 22.6 Å². The van der Waals surface area contributed by atoms with Crippen molar-refractivity contribution in [2.24, 2.45) is 0 Å². The molecule has 1 aliphatic rings. The summed E-state index contributed by atoms with van der Waals surface area (Å²) in [5.41, 5.74) is 3.49. The van der Waals surface area contributed by atoms with Crippen molar-refractivity contribution in [3.63, 3.8) is 0 Å². The van der Waals surface area contributed by atoms with Crippen molar-refractivity contribution in [3.8, 4) is 11.5 Å². The second-order valence-electron chi connectivity index (χ2n) is 7.88. The molecule has 0 amide bonds. The molecule has 178 valence electrons. The Morgan fingerprint density at radius 2 is 2.12 bits per heavy atom. The summed E-state index contributed by atoms with van der Waals surface area (Å²) in [7, 11) is -2.01. The van der Waals surface area contributed by atoms with Crippen molar-refractivity contribution in [1.82, 2.24) is 4.98 Å². The molecule has 0 saturated carbocycles. The van der Waals surface area contributed by atoms with Gasteiger partial charge in [0.05, 0.1) is 34.8 Å². The predicted octanol–water partition coefficient (Wildman–Crippen LogP) is 3.58. The van der Waals surface area contributed by atoms with E-state index in [-0.39, 0.29) is 17.9 Å². The molecule has 0 aliphatic carbocycles. The van der Waals surface area contributed by atoms with Crippen molar-refractivity contribution < 1.29 is 28.5 Å². The smallest absolute Gasteiger partial charge is 0.171 e. The number of ether oxygens (including phenoxy) is 1. The minimum Gasteiger partial charge on any atom is -0.504 e. The number of hydrogen-bond acceptors (Lipinski definition) is 7. The van der Waals surface area contributed by atoms with Gasteiger partial charge in [-0.3, -0.25) is 4.98 Å². The van der Waals surface area contributed by atoms with Crippen LogP contribution in [0.15, 0.2) is 47.7 Å². The van der Waals surface area contributed by atoms with Gasteiger partial charge in [-0.25, -0.2) is 8.42 Å². The van der Waals surface area contributed by atoms with Gasteiger partial charge in [0.1, 0.15) is 5.25 Å². The highest BCUT2D eigenvalue weighted by Crippen LogP contribution is 2.36. The first-order chi connectivity index (χ1) is 15.7. The number of pyridine rings is 1. The number of sulfone groups is 1. The maximum Gasteiger partial charge on any atom is 0.171 e. The van der Waals surface area contributed by atoms with E-state index in [2.05, 4.69) is 4.98 Å². The molecule has 1 aromatic heterocycles. The summed E-state index contributed by atoms with van der Waals surface area (Å²) < 4.78 is 30.8. The fourth-order valence-corrected chi connectivity index (χ4v) is 6.75. The Hall–Kier alpha value is -1.95. The van der Waals surface area contributed by atoms with Crippen LogP contribution in [0.3, 0.4) is 0 Å². The highest BCUT2D eigenvalue weighted by atomic mass is 127. The summed E-state index contributed by atoms with van der Waals surface area (Å²) in [4.78, 5) is 4.44. The molecule has 0 saturated heterocycles. The summed E-state index contributed by atoms with van der Waals surface area (Å²) >= 11 is 2.03. The number of hydrogen-bond donors (Lipinski definition) is 3. The SMILES string of the molecule is CCC1=C([C@H](O)CC/C(=C/c2cc(I)c(O)c(OC)c2)c2ccccn2)[C@H](CO)S(=O)(=O)C1. The molecule has 1 aliphatic heterocycles. The molecule has 0 radical (unpaired) electrons. The number of aromatic nitrogens is 1. The van der Waals surface area contributed by atoms with Crippen molar-refractivity contribution >= 4 is 44.1 Å². The molecule has 1 aromatic carbocycles. The molecule has 2 aromatic rings. The van der Waals surface area contributed by atoms with Gasteiger partial charge >= 0.3 is 0 Å². The Labute approximate surface area is 207 Å². The lowest BCUT2D eigenvalue weighted by atomic mass is 9.93. The van der Waals surface area contributed by atoms with Crippen LogP contribution < -0.4 is 4.74 Å². The maximum atomic E-state index is 12.4. The second kappa shape index (κ2) is 11.0. The van der Waals surface area contributed by atoms with Gasteiger partial charge in [-0.2, -0.15) is 0 Å². The number of benzene rings is 1. The average Bonchev–Trinajstić information content (AvgIpc) is 3.08. The number of rotatable bonds is 9. The molecule has 0 bridgehead atoms. The van der Waals surface area contributed by atoms with E-state index < -0.39 is 27.8 Å². The van der Waals surface area contributed by atoms with E-state index in [1.54, 1.807) is 12.3 Å². The van der Waals surface area contributed by atoms with Gasteiger partial charge < -0.3 is 20.1 Å². The monoisotopic (exact) mass is 585 g/mol. The molecule has 33 heavy (non-hydrogen) atoms. The Bertz CT molecular complexity index is 1160. The molecule has 9 heteroatoms. The topological polar surface area (TPSA) is 117 Å². The lowest BCUT2D eigenvalue weighted by molar-refractivity contribution is 0.190. The number of halogens is 1. The molecule has 7 nitrogen and oxygen atoms in total. The second-order valence-corrected chi connectivity index (χ2v) is 11.2. The standard InChI is InChI=1S/C24H28INO6S/c1-3-16-14-33(30,31)22(13-27)23(16)20(28)8-7-17(19-6-4-5-9-26-19)10-15-11-18(25)24(29)21(12-15)32-2/h4-6,9-12,20,22,27-29H,3,7-8,13-14H2,1-2H3/b17-10-/t20-,22+/m1/s1. The van der Waals surface area contributed by atoms with E-state index in [9.17, 15) is 23.7 Å². The minimum absolute atomic E-state index is 0.0709. The van der Waals surface area contributed by atoms with Crippen LogP contribution in [-0.4, -0.2) is 59.5 Å². The Morgan fingerprint density at radius 3 is 2.73 bits per heavy atom. The van der Waals surface area contributed by atoms with Crippen LogP contribution in [0.4, 0.5) is 0 Å². The van der Waals surface area contributed by atoms with Crippen LogP contribution in [0.1, 0.15) is 37.4 Å². The first-order valence-electron chi connectivity index (χ1n) is 10.6. The van der Waals surface area contributed by atoms with E-state index in [0.29, 0.717) is 33.3 Å². The third-order valence-electron chi connectivity index (χ3n) is 5.81. The van der Waals surface area contributed by atoms with Crippen molar-refractivity contribution in [1.29, 1.82) is 0 Å². The summed E-state index contributed by atoms with van der Waals surface area (Å²) in [6.45, 7) is 1.32. The quantitative estimate of drug-likeness (QED) is 0.304. The molecular formula is C24H28INO6S. The van der Waals surface area contributed by atoms with Crippen molar-refractivity contribution in [2.75, 3.05) is 19.5 Å². The first kappa shape index (κ1) is 25.7. The van der Waals surface area contributed by atoms with Crippen LogP contribution in [0.5, 0.6) is 11.5 Å². The Morgan fingerprint density at radius 1 is 1.36 bits per heavy atom. The molecule has 0 spiro atoms. The number of nitrogens with zero attached hydrogens (tertiary/aromatic N) is 1. The highest BCUT2D eigenvalue weighted by molar-refractivity contribution is 14.1. The van der Waals surface area contributed by atoms with E-state index in [1.165, 1.54) is 7.11 Å². The lowest BCUT2D eigenvalue weighted by Crippen LogP contribution is -2.29. The molecule has 3 N–H and O–H groups in total. The van der Waals surface area contributed by atoms with Crippen LogP contribution in [-0.2, 0) is 9.84 Å². The number of phenols is 1. The van der Waals surface area contributed by atoms with Crippen molar-refractivity contribution in [2.45, 2.75) is 37.5 Å². The van der Waals surface area contributed by atoms with Gasteiger partial charge in [0, 0.05) is 6.20 Å². The number of aliphatic hydroxyl groups excluding tert-OH is 2. The van der Waals surface area contributed by atoms with Gasteiger partial charge in [-0.15, -0.1) is 0 Å².